The third-order valence-electron chi connectivity index (χ3n) is 4.99. The van der Waals surface area contributed by atoms with Crippen molar-refractivity contribution >= 4 is 11.8 Å². The fraction of sp³-hybridized carbons (Fsp3) is 0.391. The molecule has 0 saturated carbocycles. The van der Waals surface area contributed by atoms with Crippen LogP contribution in [-0.2, 0) is 16.1 Å². The lowest BCUT2D eigenvalue weighted by molar-refractivity contribution is -0.134. The number of amides is 2. The molecule has 29 heavy (non-hydrogen) atoms. The number of nitrogens with zero attached hydrogens (tertiary/aromatic N) is 2. The number of carbonyl (C=O) groups is 2. The minimum Gasteiger partial charge on any atom is -0.467 e. The molecular formula is C23H28N2O4. The van der Waals surface area contributed by atoms with Crippen molar-refractivity contribution in [3.8, 4) is 0 Å². The molecule has 6 heteroatoms. The molecule has 0 radical (unpaired) electrons. The Hall–Kier alpha value is -2.86. The lowest BCUT2D eigenvalue weighted by Gasteiger charge is -2.28. The third-order valence-corrected chi connectivity index (χ3v) is 4.99. The molecule has 3 rings (SSSR count). The second-order valence-corrected chi connectivity index (χ2v) is 7.33. The fourth-order valence-corrected chi connectivity index (χ4v) is 3.40. The summed E-state index contributed by atoms with van der Waals surface area (Å²) in [7, 11) is 0. The van der Waals surface area contributed by atoms with Gasteiger partial charge < -0.3 is 19.0 Å². The van der Waals surface area contributed by atoms with Gasteiger partial charge in [0.05, 0.1) is 18.9 Å². The van der Waals surface area contributed by atoms with Gasteiger partial charge >= 0.3 is 0 Å². The van der Waals surface area contributed by atoms with Crippen LogP contribution >= 0.6 is 0 Å². The quantitative estimate of drug-likeness (QED) is 0.609. The molecule has 1 fully saturated rings. The number of hydrogen-bond acceptors (Lipinski definition) is 4. The first-order valence-corrected chi connectivity index (χ1v) is 9.95. The van der Waals surface area contributed by atoms with Gasteiger partial charge in [0.15, 0.2) is 0 Å². The molecule has 1 aliphatic heterocycles. The molecule has 1 atom stereocenters. The van der Waals surface area contributed by atoms with E-state index in [1.165, 1.54) is 4.90 Å². The highest BCUT2D eigenvalue weighted by Gasteiger charge is 2.26. The van der Waals surface area contributed by atoms with Gasteiger partial charge in [-0.15, -0.1) is 6.58 Å². The number of rotatable bonds is 9. The Bertz CT molecular complexity index is 808. The lowest BCUT2D eigenvalue weighted by atomic mass is 10.1. The SMILES string of the molecule is C=CCN(CC(=O)N(Cc1ccco1)CC1CCCO1)C(=O)c1ccc(C)cc1. The van der Waals surface area contributed by atoms with Gasteiger partial charge in [0.2, 0.25) is 5.91 Å². The van der Waals surface area contributed by atoms with Crippen LogP contribution in [0.2, 0.25) is 0 Å². The topological polar surface area (TPSA) is 63.0 Å². The average Bonchev–Trinajstić information content (AvgIpc) is 3.41. The summed E-state index contributed by atoms with van der Waals surface area (Å²) in [6, 6.07) is 11.0. The van der Waals surface area contributed by atoms with Gasteiger partial charge in [-0.1, -0.05) is 23.8 Å². The van der Waals surface area contributed by atoms with Crippen LogP contribution in [0, 0.1) is 6.92 Å². The van der Waals surface area contributed by atoms with Gasteiger partial charge in [0.1, 0.15) is 12.3 Å². The second-order valence-electron chi connectivity index (χ2n) is 7.33. The number of benzene rings is 1. The normalized spacial score (nSPS) is 15.8. The number of carbonyl (C=O) groups excluding carboxylic acids is 2. The van der Waals surface area contributed by atoms with Crippen molar-refractivity contribution in [2.75, 3.05) is 26.2 Å². The van der Waals surface area contributed by atoms with Crippen molar-refractivity contribution in [2.45, 2.75) is 32.4 Å². The summed E-state index contributed by atoms with van der Waals surface area (Å²) in [4.78, 5) is 29.3. The predicted octanol–water partition coefficient (Wildman–Crippen LogP) is 3.42. The first-order valence-electron chi connectivity index (χ1n) is 9.95. The summed E-state index contributed by atoms with van der Waals surface area (Å²) >= 11 is 0. The van der Waals surface area contributed by atoms with Crippen molar-refractivity contribution in [3.05, 3.63) is 72.2 Å². The van der Waals surface area contributed by atoms with E-state index in [2.05, 4.69) is 6.58 Å². The highest BCUT2D eigenvalue weighted by atomic mass is 16.5. The minimum atomic E-state index is -0.187. The molecule has 1 aromatic carbocycles. The maximum Gasteiger partial charge on any atom is 0.254 e. The summed E-state index contributed by atoms with van der Waals surface area (Å²) < 4.78 is 11.1. The Morgan fingerprint density at radius 1 is 1.21 bits per heavy atom. The van der Waals surface area contributed by atoms with Gasteiger partial charge in [-0.05, 0) is 44.0 Å². The van der Waals surface area contributed by atoms with E-state index in [1.807, 2.05) is 25.1 Å². The zero-order chi connectivity index (χ0) is 20.6. The highest BCUT2D eigenvalue weighted by Crippen LogP contribution is 2.16. The zero-order valence-electron chi connectivity index (χ0n) is 16.9. The van der Waals surface area contributed by atoms with E-state index in [1.54, 1.807) is 35.4 Å². The molecular weight excluding hydrogens is 368 g/mol. The summed E-state index contributed by atoms with van der Waals surface area (Å²) in [6.07, 6.45) is 5.18. The monoisotopic (exact) mass is 396 g/mol. The van der Waals surface area contributed by atoms with Crippen LogP contribution in [-0.4, -0.2) is 54.0 Å². The molecule has 0 spiro atoms. The third kappa shape index (κ3) is 5.81. The molecule has 1 unspecified atom stereocenters. The molecule has 0 N–H and O–H groups in total. The van der Waals surface area contributed by atoms with Gasteiger partial charge in [0.25, 0.3) is 5.91 Å². The van der Waals surface area contributed by atoms with E-state index in [9.17, 15) is 9.59 Å². The summed E-state index contributed by atoms with van der Waals surface area (Å²) in [6.45, 7) is 7.54. The van der Waals surface area contributed by atoms with Gasteiger partial charge in [0, 0.05) is 25.3 Å². The number of aryl methyl sites for hydroxylation is 1. The molecule has 0 aliphatic carbocycles. The number of ether oxygens (including phenoxy) is 1. The fourth-order valence-electron chi connectivity index (χ4n) is 3.40. The molecule has 6 nitrogen and oxygen atoms in total. The minimum absolute atomic E-state index is 0.0217. The molecule has 2 heterocycles. The Morgan fingerprint density at radius 2 is 2.00 bits per heavy atom. The molecule has 0 bridgehead atoms. The number of hydrogen-bond donors (Lipinski definition) is 0. The van der Waals surface area contributed by atoms with Crippen molar-refractivity contribution in [1.29, 1.82) is 0 Å². The van der Waals surface area contributed by atoms with E-state index in [4.69, 9.17) is 9.15 Å². The Labute approximate surface area is 171 Å². The van der Waals surface area contributed by atoms with Crippen LogP contribution in [0.25, 0.3) is 0 Å². The summed E-state index contributed by atoms with van der Waals surface area (Å²) in [5.74, 6) is 0.379. The number of furan rings is 1. The van der Waals surface area contributed by atoms with E-state index >= 15 is 0 Å². The van der Waals surface area contributed by atoms with Crippen LogP contribution in [0.4, 0.5) is 0 Å². The Kier molecular flexibility index (Phi) is 7.25. The Morgan fingerprint density at radius 3 is 2.62 bits per heavy atom. The van der Waals surface area contributed by atoms with E-state index in [0.717, 1.165) is 25.0 Å². The molecule has 1 aliphatic rings. The standard InChI is InChI=1S/C23H28N2O4/c1-3-12-24(23(27)19-10-8-18(2)9-11-19)17-22(26)25(15-20-6-4-13-28-20)16-21-7-5-14-29-21/h3-4,6,8-11,13,21H,1,5,7,12,14-17H2,2H3. The highest BCUT2D eigenvalue weighted by molar-refractivity contribution is 5.96. The van der Waals surface area contributed by atoms with Crippen molar-refractivity contribution < 1.29 is 18.7 Å². The predicted molar refractivity (Wildman–Crippen MR) is 110 cm³/mol. The van der Waals surface area contributed by atoms with Gasteiger partial charge in [-0.2, -0.15) is 0 Å². The molecule has 1 saturated heterocycles. The van der Waals surface area contributed by atoms with Crippen LogP contribution in [0.15, 0.2) is 59.7 Å². The van der Waals surface area contributed by atoms with Crippen LogP contribution < -0.4 is 0 Å². The first-order chi connectivity index (χ1) is 14.1. The van der Waals surface area contributed by atoms with Crippen molar-refractivity contribution in [3.63, 3.8) is 0 Å². The molecule has 154 valence electrons. The van der Waals surface area contributed by atoms with Gasteiger partial charge in [-0.25, -0.2) is 0 Å². The van der Waals surface area contributed by atoms with E-state index in [0.29, 0.717) is 31.0 Å². The lowest BCUT2D eigenvalue weighted by Crippen LogP contribution is -2.45. The van der Waals surface area contributed by atoms with Crippen LogP contribution in [0.3, 0.4) is 0 Å². The molecule has 2 amide bonds. The molecule has 2 aromatic rings. The first kappa shape index (κ1) is 20.9. The average molecular weight is 396 g/mol. The van der Waals surface area contributed by atoms with E-state index < -0.39 is 0 Å². The van der Waals surface area contributed by atoms with Crippen molar-refractivity contribution in [2.24, 2.45) is 0 Å². The van der Waals surface area contributed by atoms with Crippen LogP contribution in [0.1, 0.15) is 34.5 Å². The maximum absolute atomic E-state index is 13.1. The zero-order valence-corrected chi connectivity index (χ0v) is 16.9. The summed E-state index contributed by atoms with van der Waals surface area (Å²) in [5, 5.41) is 0. The van der Waals surface area contributed by atoms with E-state index in [-0.39, 0.29) is 24.5 Å². The van der Waals surface area contributed by atoms with Gasteiger partial charge in [-0.3, -0.25) is 9.59 Å². The maximum atomic E-state index is 13.1. The summed E-state index contributed by atoms with van der Waals surface area (Å²) in [5.41, 5.74) is 1.64. The van der Waals surface area contributed by atoms with Crippen LogP contribution in [0.5, 0.6) is 0 Å². The largest absolute Gasteiger partial charge is 0.467 e. The molecule has 1 aromatic heterocycles. The van der Waals surface area contributed by atoms with Crippen molar-refractivity contribution in [1.82, 2.24) is 9.80 Å². The Balaban J connectivity index is 1.72. The smallest absolute Gasteiger partial charge is 0.254 e. The second kappa shape index (κ2) is 10.1.